The third kappa shape index (κ3) is 5.51. The molecule has 0 bridgehead atoms. The summed E-state index contributed by atoms with van der Waals surface area (Å²) in [5.74, 6) is -1.07. The van der Waals surface area contributed by atoms with Crippen LogP contribution in [0.1, 0.15) is 19.3 Å². The van der Waals surface area contributed by atoms with E-state index >= 15 is 0 Å². The number of rotatable bonds is 6. The minimum Gasteiger partial charge on any atom is -0.306 e. The van der Waals surface area contributed by atoms with Gasteiger partial charge in [0, 0.05) is 49.0 Å². The van der Waals surface area contributed by atoms with Gasteiger partial charge in [-0.3, -0.25) is 0 Å². The molecule has 4 aromatic heterocycles. The SMILES string of the molecule is [2H]c1c([2H])c([2H])c(-c2nc(-c3cc(C#N)c(-n4c5ccccc5c5ccccc54)c(-n4c5ccccc5c5ccccc54)c3-n3c4ccccc4c4ccccc43)nc(-c3c([2H])c([2H])c([2H])c([2H])c3[2H])n2)c([2H])c1[2H]. The number of para-hydroxylation sites is 6. The largest absolute Gasteiger partial charge is 0.306 e. The molecule has 302 valence electrons. The van der Waals surface area contributed by atoms with Crippen molar-refractivity contribution in [3.05, 3.63) is 218 Å². The quantitative estimate of drug-likeness (QED) is 0.167. The summed E-state index contributed by atoms with van der Waals surface area (Å²) in [5.41, 5.74) is 5.69. The van der Waals surface area contributed by atoms with Crippen molar-refractivity contribution in [1.82, 2.24) is 28.7 Å². The number of fused-ring (bicyclic) bond motifs is 9. The molecule has 9 aromatic carbocycles. The molecule has 0 aliphatic heterocycles. The zero-order valence-electron chi connectivity index (χ0n) is 44.1. The number of hydrogen-bond acceptors (Lipinski definition) is 4. The molecule has 65 heavy (non-hydrogen) atoms. The molecule has 0 unspecified atom stereocenters. The first kappa shape index (κ1) is 27.7. The van der Waals surface area contributed by atoms with Crippen LogP contribution in [0, 0.1) is 11.3 Å². The van der Waals surface area contributed by atoms with Crippen LogP contribution in [0.15, 0.2) is 212 Å². The predicted molar refractivity (Wildman–Crippen MR) is 264 cm³/mol. The van der Waals surface area contributed by atoms with Crippen LogP contribution in [-0.2, 0) is 0 Å². The van der Waals surface area contributed by atoms with Crippen molar-refractivity contribution in [2.75, 3.05) is 0 Å². The third-order valence-electron chi connectivity index (χ3n) is 12.1. The van der Waals surface area contributed by atoms with E-state index in [1.165, 1.54) is 0 Å². The Morgan fingerprint density at radius 1 is 0.369 bits per heavy atom. The van der Waals surface area contributed by atoms with Crippen LogP contribution in [0.3, 0.4) is 0 Å². The maximum absolute atomic E-state index is 11.9. The smallest absolute Gasteiger partial charge is 0.166 e. The maximum Gasteiger partial charge on any atom is 0.166 e. The van der Waals surface area contributed by atoms with E-state index in [0.29, 0.717) is 17.1 Å². The van der Waals surface area contributed by atoms with E-state index in [-0.39, 0.29) is 17.0 Å². The Labute approximate surface area is 387 Å². The number of nitrogens with zero attached hydrogens (tertiary/aromatic N) is 7. The van der Waals surface area contributed by atoms with Gasteiger partial charge < -0.3 is 13.7 Å². The van der Waals surface area contributed by atoms with Gasteiger partial charge in [0.05, 0.1) is 69.4 Å². The lowest BCUT2D eigenvalue weighted by atomic mass is 10.0. The van der Waals surface area contributed by atoms with Gasteiger partial charge in [0.2, 0.25) is 0 Å². The van der Waals surface area contributed by atoms with E-state index in [2.05, 4.69) is 24.8 Å². The Morgan fingerprint density at radius 2 is 0.677 bits per heavy atom. The third-order valence-corrected chi connectivity index (χ3v) is 12.1. The van der Waals surface area contributed by atoms with E-state index in [9.17, 15) is 5.26 Å². The molecular formula is C58H35N7. The first-order valence-corrected chi connectivity index (χ1v) is 20.9. The molecule has 0 aliphatic carbocycles. The first-order valence-electron chi connectivity index (χ1n) is 25.9. The summed E-state index contributed by atoms with van der Waals surface area (Å²) in [6, 6.07) is 45.5. The average Bonchev–Trinajstić information content (AvgIpc) is 4.20. The van der Waals surface area contributed by atoms with Crippen LogP contribution in [0.4, 0.5) is 0 Å². The maximum atomic E-state index is 11.9. The fourth-order valence-corrected chi connectivity index (χ4v) is 9.50. The normalized spacial score (nSPS) is 13.8. The van der Waals surface area contributed by atoms with Crippen LogP contribution in [0.2, 0.25) is 0 Å². The van der Waals surface area contributed by atoms with Gasteiger partial charge in [0.1, 0.15) is 6.07 Å². The van der Waals surface area contributed by atoms with Crippen LogP contribution in [-0.4, -0.2) is 28.7 Å². The Hall–Kier alpha value is -9.12. The molecular weight excluding hydrogens is 795 g/mol. The average molecular weight is 840 g/mol. The molecule has 0 saturated heterocycles. The first-order chi connectivity index (χ1) is 36.4. The van der Waals surface area contributed by atoms with Gasteiger partial charge in [0.25, 0.3) is 0 Å². The molecule has 0 radical (unpaired) electrons. The van der Waals surface area contributed by atoms with E-state index in [1.807, 2.05) is 146 Å². The highest BCUT2D eigenvalue weighted by atomic mass is 15.1. The fourth-order valence-electron chi connectivity index (χ4n) is 9.50. The molecule has 0 atom stereocenters. The van der Waals surface area contributed by atoms with E-state index in [0.717, 1.165) is 65.4 Å². The number of aromatic nitrogens is 6. The number of benzene rings is 9. The van der Waals surface area contributed by atoms with Crippen LogP contribution in [0.5, 0.6) is 0 Å². The summed E-state index contributed by atoms with van der Waals surface area (Å²) in [6.45, 7) is 0. The summed E-state index contributed by atoms with van der Waals surface area (Å²) in [5, 5.41) is 17.4. The lowest BCUT2D eigenvalue weighted by Crippen LogP contribution is -2.13. The molecule has 0 amide bonds. The van der Waals surface area contributed by atoms with Crippen molar-refractivity contribution in [3.8, 4) is 57.3 Å². The van der Waals surface area contributed by atoms with Crippen LogP contribution < -0.4 is 0 Å². The Morgan fingerprint density at radius 3 is 1.03 bits per heavy atom. The predicted octanol–water partition coefficient (Wildman–Crippen LogP) is 14.0. The number of hydrogen-bond donors (Lipinski definition) is 0. The highest BCUT2D eigenvalue weighted by molar-refractivity contribution is 6.14. The van der Waals surface area contributed by atoms with Crippen molar-refractivity contribution in [1.29, 1.82) is 5.26 Å². The summed E-state index contributed by atoms with van der Waals surface area (Å²) in [7, 11) is 0. The van der Waals surface area contributed by atoms with E-state index < -0.39 is 83.2 Å². The zero-order valence-corrected chi connectivity index (χ0v) is 34.1. The van der Waals surface area contributed by atoms with Gasteiger partial charge in [-0.1, -0.05) is 170 Å². The Balaban J connectivity index is 1.32. The fraction of sp³-hybridized carbons (Fsp3) is 0. The summed E-state index contributed by atoms with van der Waals surface area (Å²) in [6.07, 6.45) is 0. The molecule has 0 aliphatic rings. The van der Waals surface area contributed by atoms with Crippen molar-refractivity contribution in [3.63, 3.8) is 0 Å². The van der Waals surface area contributed by atoms with E-state index in [4.69, 9.17) is 23.7 Å². The van der Waals surface area contributed by atoms with Crippen molar-refractivity contribution in [2.24, 2.45) is 0 Å². The van der Waals surface area contributed by atoms with Crippen molar-refractivity contribution >= 4 is 65.4 Å². The van der Waals surface area contributed by atoms with Gasteiger partial charge >= 0.3 is 0 Å². The summed E-state index contributed by atoms with van der Waals surface area (Å²) in [4.78, 5) is 14.7. The molecule has 0 N–H and O–H groups in total. The van der Waals surface area contributed by atoms with E-state index in [1.54, 1.807) is 6.07 Å². The van der Waals surface area contributed by atoms with Gasteiger partial charge in [-0.05, 0) is 42.5 Å². The lowest BCUT2D eigenvalue weighted by Gasteiger charge is -2.25. The second kappa shape index (κ2) is 14.5. The van der Waals surface area contributed by atoms with Gasteiger partial charge in [-0.25, -0.2) is 15.0 Å². The second-order valence-corrected chi connectivity index (χ2v) is 15.5. The van der Waals surface area contributed by atoms with Gasteiger partial charge in [-0.2, -0.15) is 5.26 Å². The number of nitriles is 1. The highest BCUT2D eigenvalue weighted by Gasteiger charge is 2.31. The standard InChI is InChI=1S/C58H35N7/c59-36-39-35-46(58-61-56(37-19-3-1-4-20-37)60-57(62-58)38-21-5-2-6-22-38)54(64-49-31-15-9-25-42(49)43-26-10-16-32-50(43)64)55(65-51-33-17-11-27-44(51)45-28-12-18-34-52(45)65)53(39)63-47-29-13-7-23-40(47)41-24-8-14-30-48(41)63/h1-35H/i1D,2D,3D,4D,5D,6D,19D,20D,21D,22D. The molecule has 0 spiro atoms. The molecule has 4 heterocycles. The molecule has 7 nitrogen and oxygen atoms in total. The molecule has 7 heteroatoms. The summed E-state index contributed by atoms with van der Waals surface area (Å²) >= 11 is 0. The molecule has 13 aromatic rings. The van der Waals surface area contributed by atoms with Crippen LogP contribution >= 0.6 is 0 Å². The monoisotopic (exact) mass is 839 g/mol. The van der Waals surface area contributed by atoms with Crippen molar-refractivity contribution < 1.29 is 13.7 Å². The Kier molecular flexibility index (Phi) is 6.18. The van der Waals surface area contributed by atoms with Gasteiger partial charge in [-0.15, -0.1) is 0 Å². The minimum atomic E-state index is -0.667. The zero-order chi connectivity index (χ0) is 51.7. The second-order valence-electron chi connectivity index (χ2n) is 15.5. The van der Waals surface area contributed by atoms with Gasteiger partial charge in [0.15, 0.2) is 17.5 Å². The summed E-state index contributed by atoms with van der Waals surface area (Å²) < 4.78 is 94.6. The highest BCUT2D eigenvalue weighted by Crippen LogP contribution is 2.47. The molecule has 0 fully saturated rings. The molecule has 0 saturated carbocycles. The topological polar surface area (TPSA) is 77.2 Å². The lowest BCUT2D eigenvalue weighted by molar-refractivity contribution is 1.03. The Bertz CT molecular complexity index is 4400. The molecule has 13 rings (SSSR count). The van der Waals surface area contributed by atoms with Crippen LogP contribution in [0.25, 0.3) is 117 Å². The van der Waals surface area contributed by atoms with Crippen molar-refractivity contribution in [2.45, 2.75) is 0 Å². The minimum absolute atomic E-state index is 0.159.